The van der Waals surface area contributed by atoms with Crippen molar-refractivity contribution >= 4 is 52.4 Å². The molecule has 160 valence electrons. The van der Waals surface area contributed by atoms with E-state index in [1.807, 2.05) is 23.1 Å². The van der Waals surface area contributed by atoms with Crippen LogP contribution in [0.15, 0.2) is 35.5 Å². The first-order valence-corrected chi connectivity index (χ1v) is 12.0. The quantitative estimate of drug-likeness (QED) is 0.374. The predicted molar refractivity (Wildman–Crippen MR) is 124 cm³/mol. The number of amides is 1. The van der Waals surface area contributed by atoms with Crippen molar-refractivity contribution in [1.29, 1.82) is 0 Å². The molecule has 30 heavy (non-hydrogen) atoms. The summed E-state index contributed by atoms with van der Waals surface area (Å²) in [7, 11) is 0. The predicted octanol–water partition coefficient (Wildman–Crippen LogP) is 4.21. The summed E-state index contributed by atoms with van der Waals surface area (Å²) in [5, 5.41) is 1.71. The number of hydrogen-bond acceptors (Lipinski definition) is 6. The molecule has 0 atom stereocenters. The number of halogens is 2. The van der Waals surface area contributed by atoms with Gasteiger partial charge in [-0.2, -0.15) is 0 Å². The first-order chi connectivity index (χ1) is 14.6. The van der Waals surface area contributed by atoms with E-state index in [4.69, 9.17) is 23.2 Å². The SMILES string of the molecule is O=C(CSc1nc(Cl)cc(N2CCN(c3cccc(Cl)c3)CC2)n1)N1CCCCC1. The van der Waals surface area contributed by atoms with Gasteiger partial charge in [-0.15, -0.1) is 0 Å². The number of nitrogens with zero attached hydrogens (tertiary/aromatic N) is 5. The Morgan fingerprint density at radius 1 is 0.933 bits per heavy atom. The van der Waals surface area contributed by atoms with Crippen LogP contribution in [0.5, 0.6) is 0 Å². The molecule has 2 aromatic rings. The summed E-state index contributed by atoms with van der Waals surface area (Å²) in [5.41, 5.74) is 1.13. The molecule has 1 amide bonds. The van der Waals surface area contributed by atoms with Crippen molar-refractivity contribution in [3.63, 3.8) is 0 Å². The number of anilines is 2. The lowest BCUT2D eigenvalue weighted by atomic mass is 10.1. The van der Waals surface area contributed by atoms with Crippen molar-refractivity contribution in [1.82, 2.24) is 14.9 Å². The van der Waals surface area contributed by atoms with Crippen LogP contribution in [0.4, 0.5) is 11.5 Å². The summed E-state index contributed by atoms with van der Waals surface area (Å²) in [6.07, 6.45) is 3.40. The van der Waals surface area contributed by atoms with E-state index in [1.165, 1.54) is 18.2 Å². The maximum Gasteiger partial charge on any atom is 0.233 e. The highest BCUT2D eigenvalue weighted by Crippen LogP contribution is 2.25. The van der Waals surface area contributed by atoms with Gasteiger partial charge in [0.15, 0.2) is 5.16 Å². The van der Waals surface area contributed by atoms with Crippen LogP contribution in [-0.4, -0.2) is 65.8 Å². The zero-order valence-electron chi connectivity index (χ0n) is 16.8. The van der Waals surface area contributed by atoms with Crippen molar-refractivity contribution in [2.45, 2.75) is 24.4 Å². The number of likely N-dealkylation sites (tertiary alicyclic amines) is 1. The molecule has 6 nitrogen and oxygen atoms in total. The summed E-state index contributed by atoms with van der Waals surface area (Å²) in [6.45, 7) is 5.12. The first-order valence-electron chi connectivity index (χ1n) is 10.3. The van der Waals surface area contributed by atoms with E-state index in [1.54, 1.807) is 6.07 Å². The maximum absolute atomic E-state index is 12.4. The van der Waals surface area contributed by atoms with Crippen LogP contribution in [0.25, 0.3) is 0 Å². The molecule has 0 unspecified atom stereocenters. The van der Waals surface area contributed by atoms with E-state index in [-0.39, 0.29) is 5.91 Å². The van der Waals surface area contributed by atoms with E-state index in [9.17, 15) is 4.79 Å². The average Bonchev–Trinajstić information content (AvgIpc) is 2.78. The second-order valence-electron chi connectivity index (χ2n) is 7.52. The van der Waals surface area contributed by atoms with Gasteiger partial charge in [-0.05, 0) is 37.5 Å². The molecular formula is C21H25Cl2N5OS. The molecule has 1 aromatic carbocycles. The summed E-state index contributed by atoms with van der Waals surface area (Å²) in [5.74, 6) is 1.32. The topological polar surface area (TPSA) is 52.6 Å². The van der Waals surface area contributed by atoms with E-state index in [2.05, 4.69) is 25.8 Å². The highest BCUT2D eigenvalue weighted by molar-refractivity contribution is 7.99. The minimum atomic E-state index is 0.153. The molecule has 0 bridgehead atoms. The normalized spacial score (nSPS) is 17.3. The second-order valence-corrected chi connectivity index (χ2v) is 9.28. The molecule has 2 aliphatic heterocycles. The minimum absolute atomic E-state index is 0.153. The third-order valence-corrected chi connectivity index (χ3v) is 6.73. The van der Waals surface area contributed by atoms with Crippen LogP contribution < -0.4 is 9.80 Å². The van der Waals surface area contributed by atoms with Crippen molar-refractivity contribution in [2.75, 3.05) is 54.8 Å². The monoisotopic (exact) mass is 465 g/mol. The van der Waals surface area contributed by atoms with Gasteiger partial charge in [0.25, 0.3) is 0 Å². The number of thioether (sulfide) groups is 1. The van der Waals surface area contributed by atoms with Crippen molar-refractivity contribution in [3.8, 4) is 0 Å². The van der Waals surface area contributed by atoms with Gasteiger partial charge in [-0.1, -0.05) is 41.0 Å². The first kappa shape index (κ1) is 21.5. The number of piperazine rings is 1. The third kappa shape index (κ3) is 5.50. The number of aromatic nitrogens is 2. The summed E-state index contributed by atoms with van der Waals surface area (Å²) < 4.78 is 0. The molecule has 0 radical (unpaired) electrons. The van der Waals surface area contributed by atoms with Crippen LogP contribution in [0.2, 0.25) is 10.2 Å². The van der Waals surface area contributed by atoms with Gasteiger partial charge in [0.1, 0.15) is 11.0 Å². The third-order valence-electron chi connectivity index (χ3n) is 5.47. The molecule has 0 saturated carbocycles. The van der Waals surface area contributed by atoms with Crippen LogP contribution in [0.1, 0.15) is 19.3 Å². The van der Waals surface area contributed by atoms with E-state index in [0.29, 0.717) is 16.1 Å². The molecule has 9 heteroatoms. The van der Waals surface area contributed by atoms with Crippen LogP contribution in [0.3, 0.4) is 0 Å². The minimum Gasteiger partial charge on any atom is -0.368 e. The maximum atomic E-state index is 12.4. The van der Waals surface area contributed by atoms with Crippen LogP contribution >= 0.6 is 35.0 Å². The molecule has 0 aliphatic carbocycles. The van der Waals surface area contributed by atoms with E-state index in [0.717, 1.165) is 68.6 Å². The Kier molecular flexibility index (Phi) is 7.23. The summed E-state index contributed by atoms with van der Waals surface area (Å²) in [4.78, 5) is 27.9. The van der Waals surface area contributed by atoms with Crippen molar-refractivity contribution in [3.05, 3.63) is 40.5 Å². The Morgan fingerprint density at radius 2 is 1.67 bits per heavy atom. The molecule has 2 saturated heterocycles. The summed E-state index contributed by atoms with van der Waals surface area (Å²) >= 11 is 13.8. The smallest absolute Gasteiger partial charge is 0.233 e. The molecule has 2 fully saturated rings. The van der Waals surface area contributed by atoms with E-state index < -0.39 is 0 Å². The fourth-order valence-corrected chi connectivity index (χ4v) is 5.01. The lowest BCUT2D eigenvalue weighted by Gasteiger charge is -2.36. The van der Waals surface area contributed by atoms with Gasteiger partial charge < -0.3 is 14.7 Å². The fourth-order valence-electron chi connectivity index (χ4n) is 3.84. The molecular weight excluding hydrogens is 441 g/mol. The standard InChI is InChI=1S/C21H25Cl2N5OS/c22-16-5-4-6-17(13-16)26-9-11-27(12-10-26)19-14-18(23)24-21(25-19)30-15-20(29)28-7-2-1-3-8-28/h4-6,13-14H,1-3,7-12,15H2. The number of carbonyl (C=O) groups is 1. The fraction of sp³-hybridized carbons (Fsp3) is 0.476. The highest BCUT2D eigenvalue weighted by Gasteiger charge is 2.21. The zero-order valence-corrected chi connectivity index (χ0v) is 19.1. The highest BCUT2D eigenvalue weighted by atomic mass is 35.5. The molecule has 4 rings (SSSR count). The number of piperidine rings is 1. The molecule has 3 heterocycles. The Bertz CT molecular complexity index is 885. The Morgan fingerprint density at radius 3 is 2.40 bits per heavy atom. The number of carbonyl (C=O) groups excluding carboxylic acids is 1. The van der Waals surface area contributed by atoms with E-state index >= 15 is 0 Å². The zero-order chi connectivity index (χ0) is 20.9. The van der Waals surface area contributed by atoms with Gasteiger partial charge in [-0.25, -0.2) is 9.97 Å². The number of hydrogen-bond donors (Lipinski definition) is 0. The summed E-state index contributed by atoms with van der Waals surface area (Å²) in [6, 6.07) is 9.74. The Hall–Kier alpha value is -1.70. The van der Waals surface area contributed by atoms with Crippen LogP contribution in [-0.2, 0) is 4.79 Å². The van der Waals surface area contributed by atoms with Gasteiger partial charge >= 0.3 is 0 Å². The Balaban J connectivity index is 1.35. The molecule has 2 aliphatic rings. The largest absolute Gasteiger partial charge is 0.368 e. The Labute approximate surface area is 191 Å². The average molecular weight is 466 g/mol. The lowest BCUT2D eigenvalue weighted by Crippen LogP contribution is -2.46. The van der Waals surface area contributed by atoms with Gasteiger partial charge in [0.2, 0.25) is 5.91 Å². The second kappa shape index (κ2) is 10.1. The molecule has 0 N–H and O–H groups in total. The van der Waals surface area contributed by atoms with Crippen molar-refractivity contribution < 1.29 is 4.79 Å². The van der Waals surface area contributed by atoms with Crippen LogP contribution in [0, 0.1) is 0 Å². The van der Waals surface area contributed by atoms with Gasteiger partial charge in [-0.3, -0.25) is 4.79 Å². The number of benzene rings is 1. The number of rotatable bonds is 5. The van der Waals surface area contributed by atoms with Gasteiger partial charge in [0, 0.05) is 56.0 Å². The molecule has 0 spiro atoms. The van der Waals surface area contributed by atoms with Crippen molar-refractivity contribution in [2.24, 2.45) is 0 Å². The molecule has 1 aromatic heterocycles. The van der Waals surface area contributed by atoms with Gasteiger partial charge in [0.05, 0.1) is 5.75 Å². The lowest BCUT2D eigenvalue weighted by molar-refractivity contribution is -0.129.